The standard InChI is InChI=1S/C43H32N4O3/c1-44-41(48)40(42(49)45(2)43(44)50)39-35-25-23-33(46(29-15-7-3-8-16-29)30-17-9-4-10-18-30)27-37(35)38-28-34(24-26-36(38)39)47(31-19-11-5-12-20-31)32-21-13-6-14-22-32/h3-28H,1-2H3. The highest BCUT2D eigenvalue weighted by Crippen LogP contribution is 2.51. The van der Waals surface area contributed by atoms with E-state index in [0.29, 0.717) is 5.57 Å². The monoisotopic (exact) mass is 652 g/mol. The molecule has 8 rings (SSSR count). The van der Waals surface area contributed by atoms with E-state index < -0.39 is 17.8 Å². The molecule has 6 aromatic rings. The van der Waals surface area contributed by atoms with Crippen molar-refractivity contribution in [3.05, 3.63) is 174 Å². The molecule has 6 aromatic carbocycles. The molecule has 0 radical (unpaired) electrons. The number of amides is 4. The van der Waals surface area contributed by atoms with Gasteiger partial charge in [-0.15, -0.1) is 0 Å². The summed E-state index contributed by atoms with van der Waals surface area (Å²) in [4.78, 5) is 46.7. The minimum atomic E-state index is -0.656. The van der Waals surface area contributed by atoms with Crippen LogP contribution in [0.4, 0.5) is 38.9 Å². The zero-order valence-corrected chi connectivity index (χ0v) is 27.5. The quantitative estimate of drug-likeness (QED) is 0.132. The summed E-state index contributed by atoms with van der Waals surface area (Å²) >= 11 is 0. The first-order valence-corrected chi connectivity index (χ1v) is 16.4. The van der Waals surface area contributed by atoms with Gasteiger partial charge in [-0.2, -0.15) is 0 Å². The Morgan fingerprint density at radius 2 is 0.680 bits per heavy atom. The molecule has 1 aliphatic heterocycles. The van der Waals surface area contributed by atoms with Crippen LogP contribution in [0, 0.1) is 0 Å². The average molecular weight is 653 g/mol. The number of para-hydroxylation sites is 4. The molecule has 242 valence electrons. The fraction of sp³-hybridized carbons (Fsp3) is 0.0465. The Labute approximate surface area is 290 Å². The number of hydrogen-bond donors (Lipinski definition) is 0. The van der Waals surface area contributed by atoms with Gasteiger partial charge >= 0.3 is 6.03 Å². The minimum absolute atomic E-state index is 0.0268. The first-order valence-electron chi connectivity index (χ1n) is 16.4. The lowest BCUT2D eigenvalue weighted by Crippen LogP contribution is -2.53. The van der Waals surface area contributed by atoms with E-state index in [9.17, 15) is 14.4 Å². The van der Waals surface area contributed by atoms with Crippen LogP contribution >= 0.6 is 0 Å². The highest BCUT2D eigenvalue weighted by atomic mass is 16.2. The van der Waals surface area contributed by atoms with Crippen LogP contribution in [0.3, 0.4) is 0 Å². The molecule has 0 N–H and O–H groups in total. The molecule has 0 unspecified atom stereocenters. The van der Waals surface area contributed by atoms with Gasteiger partial charge in [0.2, 0.25) is 0 Å². The van der Waals surface area contributed by atoms with Gasteiger partial charge in [-0.3, -0.25) is 19.4 Å². The molecule has 1 fully saturated rings. The smallest absolute Gasteiger partial charge is 0.310 e. The van der Waals surface area contributed by atoms with Gasteiger partial charge in [0.25, 0.3) is 11.8 Å². The molecule has 4 amide bonds. The van der Waals surface area contributed by atoms with Crippen molar-refractivity contribution < 1.29 is 14.4 Å². The van der Waals surface area contributed by atoms with Crippen molar-refractivity contribution in [2.45, 2.75) is 0 Å². The zero-order chi connectivity index (χ0) is 34.4. The number of imide groups is 2. The number of benzene rings is 6. The van der Waals surface area contributed by atoms with Crippen LogP contribution in [-0.2, 0) is 9.59 Å². The number of carbonyl (C=O) groups excluding carboxylic acids is 3. The molecule has 0 aromatic heterocycles. The minimum Gasteiger partial charge on any atom is -0.310 e. The fourth-order valence-corrected chi connectivity index (χ4v) is 6.88. The first kappa shape index (κ1) is 30.6. The number of barbiturate groups is 1. The van der Waals surface area contributed by atoms with Crippen molar-refractivity contribution in [2.24, 2.45) is 0 Å². The maximum atomic E-state index is 13.8. The second-order valence-electron chi connectivity index (χ2n) is 12.2. The Bertz CT molecular complexity index is 2070. The molecule has 7 heteroatoms. The molecule has 0 bridgehead atoms. The summed E-state index contributed by atoms with van der Waals surface area (Å²) in [6, 6.07) is 52.2. The lowest BCUT2D eigenvalue weighted by Gasteiger charge is -2.30. The molecule has 0 atom stereocenters. The third-order valence-corrected chi connectivity index (χ3v) is 9.27. The normalized spacial score (nSPS) is 13.8. The van der Waals surface area contributed by atoms with Crippen LogP contribution in [0.5, 0.6) is 0 Å². The Kier molecular flexibility index (Phi) is 7.57. The van der Waals surface area contributed by atoms with Crippen LogP contribution in [0.25, 0.3) is 16.7 Å². The Hall–Kier alpha value is -6.73. The third-order valence-electron chi connectivity index (χ3n) is 9.27. The van der Waals surface area contributed by atoms with Gasteiger partial charge in [-0.05, 0) is 95.1 Å². The van der Waals surface area contributed by atoms with Gasteiger partial charge in [0, 0.05) is 53.8 Å². The van der Waals surface area contributed by atoms with Crippen molar-refractivity contribution in [3.63, 3.8) is 0 Å². The van der Waals surface area contributed by atoms with Crippen LogP contribution in [0.15, 0.2) is 163 Å². The highest BCUT2D eigenvalue weighted by molar-refractivity contribution is 6.34. The molecule has 2 aliphatic rings. The molecule has 1 saturated heterocycles. The van der Waals surface area contributed by atoms with E-state index in [1.165, 1.54) is 14.1 Å². The summed E-state index contributed by atoms with van der Waals surface area (Å²) in [6.45, 7) is 0. The van der Waals surface area contributed by atoms with Crippen LogP contribution in [0.2, 0.25) is 0 Å². The topological polar surface area (TPSA) is 64.2 Å². The Balaban J connectivity index is 1.39. The molecule has 1 heterocycles. The molecule has 0 saturated carbocycles. The first-order chi connectivity index (χ1) is 24.4. The summed E-state index contributed by atoms with van der Waals surface area (Å²) in [7, 11) is 2.82. The van der Waals surface area contributed by atoms with Crippen molar-refractivity contribution in [1.82, 2.24) is 9.80 Å². The summed E-state index contributed by atoms with van der Waals surface area (Å²) in [6.07, 6.45) is 0. The van der Waals surface area contributed by atoms with Gasteiger partial charge in [-0.25, -0.2) is 4.79 Å². The molecule has 1 aliphatic carbocycles. The zero-order valence-electron chi connectivity index (χ0n) is 27.5. The van der Waals surface area contributed by atoms with E-state index in [-0.39, 0.29) is 5.57 Å². The van der Waals surface area contributed by atoms with Crippen LogP contribution in [0.1, 0.15) is 11.1 Å². The van der Waals surface area contributed by atoms with Crippen molar-refractivity contribution in [1.29, 1.82) is 0 Å². The second-order valence-corrected chi connectivity index (χ2v) is 12.2. The molecule has 7 nitrogen and oxygen atoms in total. The van der Waals surface area contributed by atoms with Gasteiger partial charge < -0.3 is 9.80 Å². The number of anilines is 6. The lowest BCUT2D eigenvalue weighted by atomic mass is 9.94. The fourth-order valence-electron chi connectivity index (χ4n) is 6.88. The highest BCUT2D eigenvalue weighted by Gasteiger charge is 2.42. The van der Waals surface area contributed by atoms with Gasteiger partial charge in [0.1, 0.15) is 5.57 Å². The number of fused-ring (bicyclic) bond motifs is 3. The summed E-state index contributed by atoms with van der Waals surface area (Å²) in [5.41, 5.74) is 9.53. The van der Waals surface area contributed by atoms with Crippen molar-refractivity contribution >= 4 is 57.5 Å². The van der Waals surface area contributed by atoms with E-state index in [0.717, 1.165) is 66.2 Å². The lowest BCUT2D eigenvalue weighted by molar-refractivity contribution is -0.134. The van der Waals surface area contributed by atoms with Gasteiger partial charge in [0.05, 0.1) is 0 Å². The SMILES string of the molecule is CN1C(=O)C(=C2c3ccc(N(c4ccccc4)c4ccccc4)cc3-c3cc(N(c4ccccc4)c4ccccc4)ccc32)C(=O)N(C)C1=O. The van der Waals surface area contributed by atoms with E-state index >= 15 is 0 Å². The maximum Gasteiger partial charge on any atom is 0.333 e. The van der Waals surface area contributed by atoms with Crippen molar-refractivity contribution in [3.8, 4) is 11.1 Å². The largest absolute Gasteiger partial charge is 0.333 e. The third kappa shape index (κ3) is 5.04. The van der Waals surface area contributed by atoms with E-state index in [1.807, 2.05) is 97.1 Å². The number of rotatable bonds is 6. The Morgan fingerprint density at radius 1 is 0.360 bits per heavy atom. The molecular weight excluding hydrogens is 620 g/mol. The van der Waals surface area contributed by atoms with E-state index in [2.05, 4.69) is 70.5 Å². The van der Waals surface area contributed by atoms with Gasteiger partial charge in [0.15, 0.2) is 0 Å². The number of urea groups is 1. The van der Waals surface area contributed by atoms with Crippen LogP contribution < -0.4 is 9.80 Å². The number of nitrogens with zero attached hydrogens (tertiary/aromatic N) is 4. The summed E-state index contributed by atoms with van der Waals surface area (Å²) in [5.74, 6) is -1.24. The molecule has 0 spiro atoms. The summed E-state index contributed by atoms with van der Waals surface area (Å²) < 4.78 is 0. The number of hydrogen-bond acceptors (Lipinski definition) is 5. The Morgan fingerprint density at radius 3 is 1.00 bits per heavy atom. The predicted octanol–water partition coefficient (Wildman–Crippen LogP) is 9.46. The maximum absolute atomic E-state index is 13.8. The molecular formula is C43H32N4O3. The predicted molar refractivity (Wildman–Crippen MR) is 198 cm³/mol. The average Bonchev–Trinajstić information content (AvgIpc) is 3.48. The van der Waals surface area contributed by atoms with Crippen LogP contribution in [-0.4, -0.2) is 41.7 Å². The van der Waals surface area contributed by atoms with Gasteiger partial charge in [-0.1, -0.05) is 84.9 Å². The van der Waals surface area contributed by atoms with Crippen molar-refractivity contribution in [2.75, 3.05) is 23.9 Å². The number of likely N-dealkylation sites (N-methyl/N-ethyl adjacent to an activating group) is 2. The second kappa shape index (κ2) is 12.4. The van der Waals surface area contributed by atoms with E-state index in [1.54, 1.807) is 0 Å². The molecule has 50 heavy (non-hydrogen) atoms. The van der Waals surface area contributed by atoms with E-state index in [4.69, 9.17) is 0 Å². The number of carbonyl (C=O) groups is 3. The summed E-state index contributed by atoms with van der Waals surface area (Å²) in [5, 5.41) is 0.